The Labute approximate surface area is 129 Å². The molecule has 1 aliphatic carbocycles. The molecule has 1 saturated heterocycles. The summed E-state index contributed by atoms with van der Waals surface area (Å²) in [4.78, 5) is 16.9. The van der Waals surface area contributed by atoms with E-state index in [1.54, 1.807) is 0 Å². The summed E-state index contributed by atoms with van der Waals surface area (Å²) >= 11 is 0. The number of nitrogens with one attached hydrogen (secondary N) is 1. The highest BCUT2D eigenvalue weighted by molar-refractivity contribution is 5.75. The molecule has 0 aromatic heterocycles. The monoisotopic (exact) mass is 297 g/mol. The molecule has 2 aliphatic rings. The third-order valence-corrected chi connectivity index (χ3v) is 4.90. The molecule has 0 aromatic carbocycles. The van der Waals surface area contributed by atoms with Crippen molar-refractivity contribution in [1.29, 1.82) is 0 Å². The van der Waals surface area contributed by atoms with Crippen LogP contribution in [0.3, 0.4) is 0 Å². The summed E-state index contributed by atoms with van der Waals surface area (Å²) in [5.41, 5.74) is 0. The van der Waals surface area contributed by atoms with E-state index in [1.807, 2.05) is 14.0 Å². The van der Waals surface area contributed by atoms with Gasteiger partial charge in [-0.15, -0.1) is 0 Å². The highest BCUT2D eigenvalue weighted by Gasteiger charge is 2.26. The zero-order valence-corrected chi connectivity index (χ0v) is 13.6. The van der Waals surface area contributed by atoms with Crippen LogP contribution in [-0.4, -0.2) is 74.2 Å². The number of esters is 1. The van der Waals surface area contributed by atoms with Crippen molar-refractivity contribution in [2.45, 2.75) is 51.1 Å². The fourth-order valence-corrected chi connectivity index (χ4v) is 3.56. The molecule has 1 heterocycles. The molecular weight excluding hydrogens is 266 g/mol. The van der Waals surface area contributed by atoms with Crippen molar-refractivity contribution in [3.63, 3.8) is 0 Å². The molecule has 0 radical (unpaired) electrons. The number of ether oxygens (including phenoxy) is 1. The van der Waals surface area contributed by atoms with Gasteiger partial charge in [-0.05, 0) is 33.2 Å². The number of hydrogen-bond acceptors (Lipinski definition) is 5. The van der Waals surface area contributed by atoms with Gasteiger partial charge in [0.1, 0.15) is 6.04 Å². The lowest BCUT2D eigenvalue weighted by molar-refractivity contribution is -0.145. The lowest BCUT2D eigenvalue weighted by atomic mass is 10.1. The molecule has 0 bridgehead atoms. The van der Waals surface area contributed by atoms with Crippen LogP contribution in [0.4, 0.5) is 0 Å². The fourth-order valence-electron chi connectivity index (χ4n) is 3.56. The Hall–Kier alpha value is -0.650. The van der Waals surface area contributed by atoms with E-state index in [9.17, 15) is 4.79 Å². The minimum absolute atomic E-state index is 0.121. The summed E-state index contributed by atoms with van der Waals surface area (Å²) in [5.74, 6) is -0.121. The van der Waals surface area contributed by atoms with Crippen LogP contribution in [0.1, 0.15) is 39.0 Å². The van der Waals surface area contributed by atoms with Gasteiger partial charge < -0.3 is 15.0 Å². The van der Waals surface area contributed by atoms with Crippen LogP contribution in [-0.2, 0) is 9.53 Å². The van der Waals surface area contributed by atoms with Gasteiger partial charge in [0, 0.05) is 38.8 Å². The van der Waals surface area contributed by atoms with E-state index in [-0.39, 0.29) is 12.0 Å². The molecule has 1 saturated carbocycles. The summed E-state index contributed by atoms with van der Waals surface area (Å²) in [6.45, 7) is 7.93. The molecular formula is C16H31N3O2. The number of likely N-dealkylation sites (N-methyl/N-ethyl adjacent to an activating group) is 1. The molecule has 21 heavy (non-hydrogen) atoms. The molecule has 2 fully saturated rings. The van der Waals surface area contributed by atoms with E-state index in [0.29, 0.717) is 6.61 Å². The number of carbonyl (C=O) groups is 1. The van der Waals surface area contributed by atoms with Crippen LogP contribution in [0.5, 0.6) is 0 Å². The van der Waals surface area contributed by atoms with Crippen molar-refractivity contribution in [1.82, 2.24) is 15.1 Å². The third-order valence-electron chi connectivity index (χ3n) is 4.90. The molecule has 5 heteroatoms. The first kappa shape index (κ1) is 16.7. The van der Waals surface area contributed by atoms with E-state index < -0.39 is 0 Å². The lowest BCUT2D eigenvalue weighted by Gasteiger charge is -2.38. The number of carbonyl (C=O) groups excluding carboxylic acids is 1. The second-order valence-corrected chi connectivity index (χ2v) is 6.20. The quantitative estimate of drug-likeness (QED) is 0.713. The molecule has 122 valence electrons. The van der Waals surface area contributed by atoms with Crippen molar-refractivity contribution in [2.75, 3.05) is 46.4 Å². The molecule has 0 amide bonds. The van der Waals surface area contributed by atoms with Crippen LogP contribution in [0, 0.1) is 0 Å². The molecule has 1 atom stereocenters. The molecule has 0 spiro atoms. The molecule has 5 nitrogen and oxygen atoms in total. The predicted octanol–water partition coefficient (Wildman–Crippen LogP) is 1.09. The summed E-state index contributed by atoms with van der Waals surface area (Å²) in [6.07, 6.45) is 6.44. The number of rotatable bonds is 7. The Morgan fingerprint density at radius 3 is 2.48 bits per heavy atom. The fraction of sp³-hybridized carbons (Fsp3) is 0.938. The highest BCUT2D eigenvalue weighted by Crippen LogP contribution is 2.24. The van der Waals surface area contributed by atoms with Gasteiger partial charge in [-0.25, -0.2) is 0 Å². The highest BCUT2D eigenvalue weighted by atomic mass is 16.5. The smallest absolute Gasteiger partial charge is 0.323 e. The first-order chi connectivity index (χ1) is 10.2. The Morgan fingerprint density at radius 1 is 1.24 bits per heavy atom. The molecule has 0 aromatic rings. The Balaban J connectivity index is 1.66. The van der Waals surface area contributed by atoms with Crippen LogP contribution >= 0.6 is 0 Å². The first-order valence-electron chi connectivity index (χ1n) is 8.55. The second-order valence-electron chi connectivity index (χ2n) is 6.20. The summed E-state index contributed by atoms with van der Waals surface area (Å²) in [6, 6.07) is 0.676. The summed E-state index contributed by atoms with van der Waals surface area (Å²) in [5, 5.41) is 3.07. The standard InChI is InChI=1S/C16H31N3O2/c1-3-21-16(20)15(17-2)8-9-18-10-12-19(13-11-18)14-6-4-5-7-14/h14-15,17H,3-13H2,1-2H3. The predicted molar refractivity (Wildman–Crippen MR) is 84.4 cm³/mol. The van der Waals surface area contributed by atoms with Gasteiger partial charge in [0.15, 0.2) is 0 Å². The third kappa shape index (κ3) is 4.94. The molecule has 1 N–H and O–H groups in total. The minimum Gasteiger partial charge on any atom is -0.465 e. The van der Waals surface area contributed by atoms with Gasteiger partial charge in [-0.3, -0.25) is 9.69 Å². The number of piperazine rings is 1. The van der Waals surface area contributed by atoms with Gasteiger partial charge in [0.25, 0.3) is 0 Å². The van der Waals surface area contributed by atoms with Crippen LogP contribution in [0.25, 0.3) is 0 Å². The SMILES string of the molecule is CCOC(=O)C(CCN1CCN(C2CCCC2)CC1)NC. The van der Waals surface area contributed by atoms with Crippen molar-refractivity contribution in [2.24, 2.45) is 0 Å². The number of hydrogen-bond donors (Lipinski definition) is 1. The van der Waals surface area contributed by atoms with Crippen LogP contribution in [0.2, 0.25) is 0 Å². The maximum absolute atomic E-state index is 11.8. The van der Waals surface area contributed by atoms with Crippen molar-refractivity contribution in [3.05, 3.63) is 0 Å². The Kier molecular flexibility index (Phi) is 6.93. The maximum atomic E-state index is 11.8. The normalized spacial score (nSPS) is 23.3. The van der Waals surface area contributed by atoms with Crippen molar-refractivity contribution >= 4 is 5.97 Å². The average molecular weight is 297 g/mol. The molecule has 2 rings (SSSR count). The minimum atomic E-state index is -0.169. The Morgan fingerprint density at radius 2 is 1.90 bits per heavy atom. The van der Waals surface area contributed by atoms with Crippen molar-refractivity contribution in [3.8, 4) is 0 Å². The van der Waals surface area contributed by atoms with Gasteiger partial charge in [-0.2, -0.15) is 0 Å². The molecule has 1 aliphatic heterocycles. The summed E-state index contributed by atoms with van der Waals surface area (Å²) in [7, 11) is 1.83. The average Bonchev–Trinajstić information content (AvgIpc) is 3.03. The zero-order chi connectivity index (χ0) is 15.1. The Bertz CT molecular complexity index is 311. The van der Waals surface area contributed by atoms with E-state index in [4.69, 9.17) is 4.74 Å². The van der Waals surface area contributed by atoms with Gasteiger partial charge in [-0.1, -0.05) is 12.8 Å². The van der Waals surface area contributed by atoms with Gasteiger partial charge in [0.2, 0.25) is 0 Å². The maximum Gasteiger partial charge on any atom is 0.323 e. The lowest BCUT2D eigenvalue weighted by Crippen LogP contribution is -2.50. The van der Waals surface area contributed by atoms with E-state index >= 15 is 0 Å². The summed E-state index contributed by atoms with van der Waals surface area (Å²) < 4.78 is 5.09. The van der Waals surface area contributed by atoms with Crippen molar-refractivity contribution < 1.29 is 9.53 Å². The number of nitrogens with zero attached hydrogens (tertiary/aromatic N) is 2. The van der Waals surface area contributed by atoms with Crippen LogP contribution < -0.4 is 5.32 Å². The zero-order valence-electron chi connectivity index (χ0n) is 13.6. The second kappa shape index (κ2) is 8.71. The largest absolute Gasteiger partial charge is 0.465 e. The molecule has 1 unspecified atom stereocenters. The van der Waals surface area contributed by atoms with Gasteiger partial charge >= 0.3 is 5.97 Å². The van der Waals surface area contributed by atoms with E-state index in [2.05, 4.69) is 15.1 Å². The van der Waals surface area contributed by atoms with Gasteiger partial charge in [0.05, 0.1) is 6.61 Å². The van der Waals surface area contributed by atoms with E-state index in [1.165, 1.54) is 38.8 Å². The first-order valence-corrected chi connectivity index (χ1v) is 8.55. The van der Waals surface area contributed by atoms with Crippen LogP contribution in [0.15, 0.2) is 0 Å². The topological polar surface area (TPSA) is 44.8 Å². The van der Waals surface area contributed by atoms with E-state index in [0.717, 1.165) is 32.1 Å².